The predicted molar refractivity (Wildman–Crippen MR) is 139 cm³/mol. The van der Waals surface area contributed by atoms with Gasteiger partial charge in [0.2, 0.25) is 6.79 Å². The van der Waals surface area contributed by atoms with Crippen LogP contribution in [0.3, 0.4) is 0 Å². The smallest absolute Gasteiger partial charge is 0.231 e. The Kier molecular flexibility index (Phi) is 7.33. The van der Waals surface area contributed by atoms with Gasteiger partial charge in [0.05, 0.1) is 11.9 Å². The van der Waals surface area contributed by atoms with E-state index in [0.29, 0.717) is 25.2 Å². The second kappa shape index (κ2) is 11.0. The van der Waals surface area contributed by atoms with Gasteiger partial charge in [0.25, 0.3) is 0 Å². The summed E-state index contributed by atoms with van der Waals surface area (Å²) in [6.45, 7) is 7.15. The molecule has 0 unspecified atom stereocenters. The number of halogens is 1. The largest absolute Gasteiger partial charge is 0.454 e. The van der Waals surface area contributed by atoms with E-state index in [0.717, 1.165) is 59.1 Å². The van der Waals surface area contributed by atoms with Crippen molar-refractivity contribution in [2.45, 2.75) is 52.9 Å². The first kappa shape index (κ1) is 24.1. The standard InChI is InChI=1S/C30H32FN3O2/c1-3-4-14-34-26(17-32-30(34)25-8-6-5-7-9-25)20-33(18-23-11-10-22(2)27(31)15-23)19-24-12-13-28-29(16-24)36-21-35-28/h5-13,15-17H,3-4,14,18-21H2,1-2H3. The van der Waals surface area contributed by atoms with Crippen molar-refractivity contribution in [3.8, 4) is 22.9 Å². The number of benzene rings is 3. The molecule has 0 bridgehead atoms. The lowest BCUT2D eigenvalue weighted by Gasteiger charge is -2.24. The summed E-state index contributed by atoms with van der Waals surface area (Å²) in [5.41, 5.74) is 4.99. The zero-order valence-electron chi connectivity index (χ0n) is 20.9. The lowest BCUT2D eigenvalue weighted by molar-refractivity contribution is 0.174. The van der Waals surface area contributed by atoms with Crippen LogP contribution in [0.15, 0.2) is 72.9 Å². The lowest BCUT2D eigenvalue weighted by atomic mass is 10.1. The van der Waals surface area contributed by atoms with Crippen molar-refractivity contribution in [1.29, 1.82) is 0 Å². The Morgan fingerprint density at radius 3 is 2.44 bits per heavy atom. The van der Waals surface area contributed by atoms with Crippen LogP contribution in [0.2, 0.25) is 0 Å². The highest BCUT2D eigenvalue weighted by Crippen LogP contribution is 2.33. The van der Waals surface area contributed by atoms with Gasteiger partial charge in [0, 0.05) is 31.7 Å². The second-order valence-electron chi connectivity index (χ2n) is 9.36. The van der Waals surface area contributed by atoms with Gasteiger partial charge < -0.3 is 14.0 Å². The van der Waals surface area contributed by atoms with E-state index in [1.165, 1.54) is 0 Å². The van der Waals surface area contributed by atoms with E-state index in [2.05, 4.69) is 34.6 Å². The summed E-state index contributed by atoms with van der Waals surface area (Å²) in [4.78, 5) is 7.15. The van der Waals surface area contributed by atoms with E-state index >= 15 is 0 Å². The van der Waals surface area contributed by atoms with Crippen molar-refractivity contribution in [1.82, 2.24) is 14.5 Å². The first-order valence-electron chi connectivity index (χ1n) is 12.6. The molecule has 6 heteroatoms. The van der Waals surface area contributed by atoms with E-state index in [1.54, 1.807) is 13.0 Å². The molecule has 1 aromatic heterocycles. The minimum Gasteiger partial charge on any atom is -0.454 e. The van der Waals surface area contributed by atoms with E-state index < -0.39 is 0 Å². The molecular weight excluding hydrogens is 453 g/mol. The summed E-state index contributed by atoms with van der Waals surface area (Å²) < 4.78 is 27.8. The molecule has 0 N–H and O–H groups in total. The fourth-order valence-corrected chi connectivity index (χ4v) is 4.61. The van der Waals surface area contributed by atoms with Crippen LogP contribution in [-0.2, 0) is 26.2 Å². The summed E-state index contributed by atoms with van der Waals surface area (Å²) in [6, 6.07) is 21.9. The number of unbranched alkanes of at least 4 members (excludes halogenated alkanes) is 1. The molecule has 0 radical (unpaired) electrons. The number of rotatable bonds is 10. The van der Waals surface area contributed by atoms with E-state index in [4.69, 9.17) is 14.5 Å². The van der Waals surface area contributed by atoms with Crippen molar-refractivity contribution in [3.63, 3.8) is 0 Å². The van der Waals surface area contributed by atoms with Crippen LogP contribution in [0.5, 0.6) is 11.5 Å². The number of hydrogen-bond acceptors (Lipinski definition) is 4. The summed E-state index contributed by atoms with van der Waals surface area (Å²) in [5, 5.41) is 0. The molecule has 0 amide bonds. The molecule has 0 fully saturated rings. The highest BCUT2D eigenvalue weighted by Gasteiger charge is 2.18. The van der Waals surface area contributed by atoms with Gasteiger partial charge in [-0.25, -0.2) is 9.37 Å². The summed E-state index contributed by atoms with van der Waals surface area (Å²) in [6.07, 6.45) is 4.17. The van der Waals surface area contributed by atoms with Crippen molar-refractivity contribution >= 4 is 0 Å². The molecule has 0 atom stereocenters. The number of aromatic nitrogens is 2. The third kappa shape index (κ3) is 5.44. The third-order valence-corrected chi connectivity index (χ3v) is 6.58. The molecule has 1 aliphatic rings. The Morgan fingerprint density at radius 1 is 0.917 bits per heavy atom. The van der Waals surface area contributed by atoms with Gasteiger partial charge in [-0.1, -0.05) is 61.9 Å². The highest BCUT2D eigenvalue weighted by atomic mass is 19.1. The average molecular weight is 486 g/mol. The van der Waals surface area contributed by atoms with Gasteiger partial charge in [0.15, 0.2) is 11.5 Å². The molecule has 4 aromatic rings. The van der Waals surface area contributed by atoms with Crippen LogP contribution >= 0.6 is 0 Å². The van der Waals surface area contributed by atoms with Crippen molar-refractivity contribution in [3.05, 3.63) is 101 Å². The van der Waals surface area contributed by atoms with Gasteiger partial charge in [-0.2, -0.15) is 0 Å². The number of nitrogens with zero attached hydrogens (tertiary/aromatic N) is 3. The highest BCUT2D eigenvalue weighted by molar-refractivity contribution is 5.56. The summed E-state index contributed by atoms with van der Waals surface area (Å²) >= 11 is 0. The van der Waals surface area contributed by atoms with E-state index in [-0.39, 0.29) is 12.6 Å². The molecule has 0 spiro atoms. The van der Waals surface area contributed by atoms with Crippen LogP contribution in [0, 0.1) is 12.7 Å². The molecule has 0 saturated heterocycles. The Labute approximate surface area is 212 Å². The molecule has 186 valence electrons. The molecule has 2 heterocycles. The summed E-state index contributed by atoms with van der Waals surface area (Å²) in [5.74, 6) is 2.36. The molecule has 5 nitrogen and oxygen atoms in total. The third-order valence-electron chi connectivity index (χ3n) is 6.58. The maximum atomic E-state index is 14.4. The maximum Gasteiger partial charge on any atom is 0.231 e. The van der Waals surface area contributed by atoms with Crippen LogP contribution in [0.1, 0.15) is 42.1 Å². The lowest BCUT2D eigenvalue weighted by Crippen LogP contribution is -2.24. The van der Waals surface area contributed by atoms with Crippen LogP contribution in [0.4, 0.5) is 4.39 Å². The minimum atomic E-state index is -0.171. The minimum absolute atomic E-state index is 0.171. The Morgan fingerprint density at radius 2 is 1.67 bits per heavy atom. The van der Waals surface area contributed by atoms with Gasteiger partial charge >= 0.3 is 0 Å². The number of aryl methyl sites for hydroxylation is 1. The monoisotopic (exact) mass is 485 g/mol. The first-order valence-corrected chi connectivity index (χ1v) is 12.6. The maximum absolute atomic E-state index is 14.4. The van der Waals surface area contributed by atoms with Crippen molar-refractivity contribution < 1.29 is 13.9 Å². The van der Waals surface area contributed by atoms with Crippen LogP contribution < -0.4 is 9.47 Å². The Balaban J connectivity index is 1.45. The molecule has 1 aliphatic heterocycles. The second-order valence-corrected chi connectivity index (χ2v) is 9.36. The predicted octanol–water partition coefficient (Wildman–Crippen LogP) is 6.73. The average Bonchev–Trinajstić information content (AvgIpc) is 3.52. The zero-order chi connectivity index (χ0) is 24.9. The van der Waals surface area contributed by atoms with E-state index in [9.17, 15) is 4.39 Å². The molecule has 5 rings (SSSR count). The molecule has 3 aromatic carbocycles. The number of ether oxygens (including phenoxy) is 2. The number of hydrogen-bond donors (Lipinski definition) is 0. The van der Waals surface area contributed by atoms with Crippen molar-refractivity contribution in [2.75, 3.05) is 6.79 Å². The molecule has 36 heavy (non-hydrogen) atoms. The van der Waals surface area contributed by atoms with Gasteiger partial charge in [-0.05, 0) is 48.2 Å². The molecular formula is C30H32FN3O2. The Bertz CT molecular complexity index is 1320. The number of fused-ring (bicyclic) bond motifs is 1. The Hall–Kier alpha value is -3.64. The van der Waals surface area contributed by atoms with Crippen molar-refractivity contribution in [2.24, 2.45) is 0 Å². The van der Waals surface area contributed by atoms with Gasteiger partial charge in [-0.3, -0.25) is 4.90 Å². The van der Waals surface area contributed by atoms with Crippen LogP contribution in [0.25, 0.3) is 11.4 Å². The van der Waals surface area contributed by atoms with Crippen LogP contribution in [-0.4, -0.2) is 21.2 Å². The first-order chi connectivity index (χ1) is 17.6. The quantitative estimate of drug-likeness (QED) is 0.250. The van der Waals surface area contributed by atoms with Gasteiger partial charge in [0.1, 0.15) is 11.6 Å². The SMILES string of the molecule is CCCCn1c(CN(Cc2ccc(C)c(F)c2)Cc2ccc3c(c2)OCO3)cnc1-c1ccccc1. The fourth-order valence-electron chi connectivity index (χ4n) is 4.61. The normalized spacial score (nSPS) is 12.4. The summed E-state index contributed by atoms with van der Waals surface area (Å²) in [7, 11) is 0. The van der Waals surface area contributed by atoms with E-state index in [1.807, 2.05) is 48.7 Å². The topological polar surface area (TPSA) is 39.5 Å². The molecule has 0 saturated carbocycles. The molecule has 0 aliphatic carbocycles. The number of imidazole rings is 1. The zero-order valence-corrected chi connectivity index (χ0v) is 20.9. The van der Waals surface area contributed by atoms with Gasteiger partial charge in [-0.15, -0.1) is 0 Å². The fraction of sp³-hybridized carbons (Fsp3) is 0.300.